The van der Waals surface area contributed by atoms with Crippen molar-refractivity contribution in [1.82, 2.24) is 19.7 Å². The van der Waals surface area contributed by atoms with Gasteiger partial charge in [0.25, 0.3) is 0 Å². The summed E-state index contributed by atoms with van der Waals surface area (Å²) in [4.78, 5) is 7.21. The van der Waals surface area contributed by atoms with E-state index in [2.05, 4.69) is 15.1 Å². The fourth-order valence-electron chi connectivity index (χ4n) is 2.33. The normalized spacial score (nSPS) is 12.3. The maximum absolute atomic E-state index is 13.1. The van der Waals surface area contributed by atoms with E-state index in [9.17, 15) is 26.0 Å². The van der Waals surface area contributed by atoms with Crippen LogP contribution in [0, 0.1) is 5.82 Å². The number of hydrogen-bond donors (Lipinski definition) is 0. The molecule has 0 fully saturated rings. The third kappa shape index (κ3) is 4.30. The standard InChI is InChI=1S/C16H12F4N4O2S/c1-27(25,26)15-22-14(11-2-4-12(17)5-3-11)23-24(15)9-10-6-7-21-13(8-10)16(18,19)20/h2-8H,9H2,1H3. The fraction of sp³-hybridized carbons (Fsp3) is 0.188. The Labute approximate surface area is 151 Å². The maximum atomic E-state index is 13.1. The van der Waals surface area contributed by atoms with Gasteiger partial charge >= 0.3 is 6.18 Å². The van der Waals surface area contributed by atoms with Gasteiger partial charge in [-0.05, 0) is 42.0 Å². The van der Waals surface area contributed by atoms with Crippen molar-refractivity contribution < 1.29 is 26.0 Å². The minimum absolute atomic E-state index is 0.0144. The van der Waals surface area contributed by atoms with Crippen LogP contribution >= 0.6 is 0 Å². The van der Waals surface area contributed by atoms with E-state index >= 15 is 0 Å². The van der Waals surface area contributed by atoms with E-state index in [1.807, 2.05) is 0 Å². The summed E-state index contributed by atoms with van der Waals surface area (Å²) >= 11 is 0. The molecule has 3 rings (SSSR count). The lowest BCUT2D eigenvalue weighted by Crippen LogP contribution is -2.13. The van der Waals surface area contributed by atoms with Crippen LogP contribution in [0.25, 0.3) is 11.4 Å². The Hall–Kier alpha value is -2.82. The highest BCUT2D eigenvalue weighted by molar-refractivity contribution is 7.90. The molecule has 2 aromatic heterocycles. The van der Waals surface area contributed by atoms with Crippen molar-refractivity contribution in [2.45, 2.75) is 17.9 Å². The molecule has 6 nitrogen and oxygen atoms in total. The van der Waals surface area contributed by atoms with Crippen molar-refractivity contribution in [3.63, 3.8) is 0 Å². The molecule has 27 heavy (non-hydrogen) atoms. The van der Waals surface area contributed by atoms with Gasteiger partial charge in [0.15, 0.2) is 5.82 Å². The Morgan fingerprint density at radius 2 is 1.78 bits per heavy atom. The van der Waals surface area contributed by atoms with Gasteiger partial charge in [-0.25, -0.2) is 17.5 Å². The number of nitrogens with zero attached hydrogens (tertiary/aromatic N) is 4. The SMILES string of the molecule is CS(=O)(=O)c1nc(-c2ccc(F)cc2)nn1Cc1ccnc(C(F)(F)F)c1. The molecule has 0 amide bonds. The highest BCUT2D eigenvalue weighted by Crippen LogP contribution is 2.28. The molecule has 11 heteroatoms. The molecule has 0 bridgehead atoms. The third-order valence-electron chi connectivity index (χ3n) is 3.52. The minimum Gasteiger partial charge on any atom is -0.252 e. The molecule has 0 unspecified atom stereocenters. The Kier molecular flexibility index (Phi) is 4.72. The van der Waals surface area contributed by atoms with Crippen LogP contribution in [0.5, 0.6) is 0 Å². The van der Waals surface area contributed by atoms with Crippen molar-refractivity contribution in [3.05, 3.63) is 59.7 Å². The predicted molar refractivity (Wildman–Crippen MR) is 86.9 cm³/mol. The molecule has 0 aliphatic heterocycles. The van der Waals surface area contributed by atoms with Crippen LogP contribution in [0.4, 0.5) is 17.6 Å². The van der Waals surface area contributed by atoms with Crippen molar-refractivity contribution in [1.29, 1.82) is 0 Å². The summed E-state index contributed by atoms with van der Waals surface area (Å²) in [6.07, 6.45) is -2.73. The van der Waals surface area contributed by atoms with Crippen LogP contribution in [-0.4, -0.2) is 34.4 Å². The summed E-state index contributed by atoms with van der Waals surface area (Å²) in [7, 11) is -3.81. The number of halogens is 4. The Morgan fingerprint density at radius 1 is 1.11 bits per heavy atom. The molecule has 0 saturated carbocycles. The number of sulfone groups is 1. The van der Waals surface area contributed by atoms with Gasteiger partial charge in [-0.1, -0.05) is 0 Å². The average molecular weight is 400 g/mol. The summed E-state index contributed by atoms with van der Waals surface area (Å²) in [6.45, 7) is -0.262. The minimum atomic E-state index is -4.63. The van der Waals surface area contributed by atoms with Gasteiger partial charge in [-0.15, -0.1) is 5.10 Å². The summed E-state index contributed by atoms with van der Waals surface area (Å²) in [5, 5.41) is 3.66. The molecule has 142 valence electrons. The average Bonchev–Trinajstić information content (AvgIpc) is 2.99. The van der Waals surface area contributed by atoms with Crippen molar-refractivity contribution in [2.24, 2.45) is 0 Å². The van der Waals surface area contributed by atoms with Crippen LogP contribution < -0.4 is 0 Å². The second-order valence-electron chi connectivity index (χ2n) is 5.70. The summed E-state index contributed by atoms with van der Waals surface area (Å²) in [5.74, 6) is -0.474. The molecule has 0 aliphatic rings. The third-order valence-corrected chi connectivity index (χ3v) is 4.48. The number of alkyl halides is 3. The lowest BCUT2D eigenvalue weighted by atomic mass is 10.2. The van der Waals surface area contributed by atoms with Gasteiger partial charge in [0.2, 0.25) is 15.0 Å². The molecule has 0 saturated heterocycles. The quantitative estimate of drug-likeness (QED) is 0.630. The summed E-state index contributed by atoms with van der Waals surface area (Å²) < 4.78 is 76.5. The van der Waals surface area contributed by atoms with Gasteiger partial charge < -0.3 is 0 Å². The van der Waals surface area contributed by atoms with Gasteiger partial charge in [0.1, 0.15) is 11.5 Å². The molecule has 2 heterocycles. The zero-order valence-electron chi connectivity index (χ0n) is 13.8. The molecule has 1 aromatic carbocycles. The molecule has 3 aromatic rings. The lowest BCUT2D eigenvalue weighted by molar-refractivity contribution is -0.141. The predicted octanol–water partition coefficient (Wildman–Crippen LogP) is 2.95. The first-order chi connectivity index (χ1) is 12.5. The highest BCUT2D eigenvalue weighted by Gasteiger charge is 2.32. The molecular weight excluding hydrogens is 388 g/mol. The van der Waals surface area contributed by atoms with E-state index in [0.717, 1.165) is 35.3 Å². The van der Waals surface area contributed by atoms with Crippen LogP contribution in [-0.2, 0) is 22.6 Å². The summed E-state index contributed by atoms with van der Waals surface area (Å²) in [5.41, 5.74) is -0.580. The van der Waals surface area contributed by atoms with Crippen molar-refractivity contribution in [3.8, 4) is 11.4 Å². The first-order valence-corrected chi connectivity index (χ1v) is 9.36. The van der Waals surface area contributed by atoms with Crippen LogP contribution in [0.2, 0.25) is 0 Å². The highest BCUT2D eigenvalue weighted by atomic mass is 32.2. The fourth-order valence-corrected chi connectivity index (χ4v) is 3.07. The lowest BCUT2D eigenvalue weighted by Gasteiger charge is -2.08. The Balaban J connectivity index is 2.03. The largest absolute Gasteiger partial charge is 0.433 e. The molecule has 0 aliphatic carbocycles. The topological polar surface area (TPSA) is 77.7 Å². The van der Waals surface area contributed by atoms with Crippen LogP contribution in [0.15, 0.2) is 47.8 Å². The zero-order valence-corrected chi connectivity index (χ0v) is 14.6. The van der Waals surface area contributed by atoms with Crippen LogP contribution in [0.1, 0.15) is 11.3 Å². The Morgan fingerprint density at radius 3 is 2.37 bits per heavy atom. The number of pyridine rings is 1. The molecule has 0 atom stereocenters. The monoisotopic (exact) mass is 400 g/mol. The van der Waals surface area contributed by atoms with E-state index in [-0.39, 0.29) is 17.9 Å². The first-order valence-electron chi connectivity index (χ1n) is 7.47. The number of hydrogen-bond acceptors (Lipinski definition) is 5. The number of benzene rings is 1. The van der Waals surface area contributed by atoms with Crippen LogP contribution in [0.3, 0.4) is 0 Å². The summed E-state index contributed by atoms with van der Waals surface area (Å²) in [6, 6.07) is 7.19. The van der Waals surface area contributed by atoms with Gasteiger partial charge in [0.05, 0.1) is 6.54 Å². The van der Waals surface area contributed by atoms with Crippen molar-refractivity contribution >= 4 is 9.84 Å². The first kappa shape index (κ1) is 19.0. The van der Waals surface area contributed by atoms with Gasteiger partial charge in [-0.2, -0.15) is 18.2 Å². The van der Waals surface area contributed by atoms with E-state index in [0.29, 0.717) is 5.56 Å². The van der Waals surface area contributed by atoms with Gasteiger partial charge in [-0.3, -0.25) is 4.98 Å². The second kappa shape index (κ2) is 6.72. The van der Waals surface area contributed by atoms with E-state index in [4.69, 9.17) is 0 Å². The number of rotatable bonds is 4. The zero-order chi connectivity index (χ0) is 19.8. The van der Waals surface area contributed by atoms with E-state index in [1.54, 1.807) is 0 Å². The molecule has 0 spiro atoms. The maximum Gasteiger partial charge on any atom is 0.433 e. The molecular formula is C16H12F4N4O2S. The Bertz CT molecular complexity index is 1080. The molecule has 0 radical (unpaired) electrons. The van der Waals surface area contributed by atoms with Gasteiger partial charge in [0, 0.05) is 18.0 Å². The smallest absolute Gasteiger partial charge is 0.252 e. The van der Waals surface area contributed by atoms with E-state index < -0.39 is 32.7 Å². The van der Waals surface area contributed by atoms with Crippen molar-refractivity contribution in [2.75, 3.05) is 6.26 Å². The molecule has 0 N–H and O–H groups in total. The second-order valence-corrected chi connectivity index (χ2v) is 7.61. The van der Waals surface area contributed by atoms with E-state index in [1.165, 1.54) is 18.2 Å². The number of aromatic nitrogens is 4.